The Labute approximate surface area is 184 Å². The second-order valence-electron chi connectivity index (χ2n) is 5.02. The Bertz CT molecular complexity index is 1520. The predicted molar refractivity (Wildman–Crippen MR) is 105 cm³/mol. The van der Waals surface area contributed by atoms with E-state index < -0.39 is 87.2 Å². The summed E-state index contributed by atoms with van der Waals surface area (Å²) in [5, 5.41) is 3.55. The molecule has 1 amide bonds. The summed E-state index contributed by atoms with van der Waals surface area (Å²) in [4.78, 5) is 26.5. The number of carbonyl (C=O) groups excluding carboxylic acids is 1. The number of nitrogens with zero attached hydrogens (tertiary/aromatic N) is 2. The van der Waals surface area contributed by atoms with Crippen molar-refractivity contribution in [1.82, 2.24) is 14.8 Å². The molecule has 0 saturated carbocycles. The molecule has 0 radical (unpaired) electrons. The van der Waals surface area contributed by atoms with Crippen LogP contribution in [-0.4, -0.2) is 47.9 Å². The molecule has 2 N–H and O–H groups in total. The Morgan fingerprint density at radius 1 is 1.65 bits per heavy atom. The number of pyridine rings is 1. The average Bonchev–Trinajstić information content (AvgIpc) is 3.24. The molecule has 2 aromatic rings. The molecule has 6 nitrogen and oxygen atoms in total. The molecule has 26 heavy (non-hydrogen) atoms. The Balaban J connectivity index is 2.12. The van der Waals surface area contributed by atoms with E-state index in [4.69, 9.17) is 26.1 Å². The van der Waals surface area contributed by atoms with Gasteiger partial charge in [-0.3, -0.25) is 14.2 Å². The van der Waals surface area contributed by atoms with Gasteiger partial charge in [-0.1, -0.05) is 6.37 Å². The number of thiophene rings is 1. The van der Waals surface area contributed by atoms with E-state index in [0.29, 0.717) is 15.9 Å². The number of piperidine rings is 1. The van der Waals surface area contributed by atoms with Crippen molar-refractivity contribution < 1.29 is 34.6 Å². The molecule has 1 saturated heterocycles. The molecule has 1 aliphatic heterocycles. The number of fused-ring (bicyclic) bond motifs is 1. The van der Waals surface area contributed by atoms with Gasteiger partial charge in [-0.15, -0.1) is 11.3 Å². The summed E-state index contributed by atoms with van der Waals surface area (Å²) < 4.78 is 153. The summed E-state index contributed by atoms with van der Waals surface area (Å²) in [6.45, 7) is -14.6. The standard InChI is InChI=1S/C19H27N3O3S/c1-13(2)22-18(25)15(16(23)14-7-12-26-19(14)22)17(24)20-8-6-11-21-9-4-3-5-10-21/h7,12-13,23H,3-6,8-11H2,1-2H3,(H,20,24)/i1D3,3D2,4D2,5D2,8D,9D2,10D2,11D,12D,13D/hD2. The molecular weight excluding hydrogens is 350 g/mol. The maximum atomic E-state index is 13.6. The highest BCUT2D eigenvalue weighted by Crippen LogP contribution is 2.31. The lowest BCUT2D eigenvalue weighted by molar-refractivity contribution is 0.0946. The fraction of sp³-hybridized carbons (Fsp3) is 0.579. The number of nitrogens with one attached hydrogen (secondary N) is 1. The first-order valence-electron chi connectivity index (χ1n) is 16.8. The maximum Gasteiger partial charge on any atom is 0.293 e. The van der Waals surface area contributed by atoms with Gasteiger partial charge in [-0.2, -0.15) is 0 Å². The van der Waals surface area contributed by atoms with Crippen molar-refractivity contribution in [2.24, 2.45) is 0 Å². The zero-order valence-electron chi connectivity index (χ0n) is 32.4. The largest absolute Gasteiger partial charge is 0.506 e. The van der Waals surface area contributed by atoms with Crippen LogP contribution < -0.4 is 10.9 Å². The van der Waals surface area contributed by atoms with Crippen LogP contribution in [0.2, 0.25) is 1.41 Å². The van der Waals surface area contributed by atoms with E-state index in [1.165, 1.54) is 0 Å². The number of aromatic nitrogens is 1. The van der Waals surface area contributed by atoms with E-state index in [2.05, 4.69) is 5.11 Å². The molecule has 3 rings (SSSR count). The lowest BCUT2D eigenvalue weighted by Gasteiger charge is -2.26. The zero-order chi connectivity index (χ0) is 35.3. The minimum atomic E-state index is -3.77. The van der Waals surface area contributed by atoms with E-state index in [1.54, 1.807) is 0 Å². The number of likely N-dealkylation sites (tertiary alicyclic amines) is 1. The van der Waals surface area contributed by atoms with Crippen molar-refractivity contribution in [3.8, 4) is 5.75 Å². The highest BCUT2D eigenvalue weighted by molar-refractivity contribution is 7.16. The summed E-state index contributed by atoms with van der Waals surface area (Å²) in [6, 6.07) is -1.78. The number of aromatic hydroxyl groups is 1. The lowest BCUT2D eigenvalue weighted by atomic mass is 10.1. The third kappa shape index (κ3) is 3.78. The summed E-state index contributed by atoms with van der Waals surface area (Å²) in [6.07, 6.45) is -12.5. The van der Waals surface area contributed by atoms with Gasteiger partial charge in [-0.25, -0.2) is 0 Å². The van der Waals surface area contributed by atoms with Crippen LogP contribution >= 0.6 is 11.3 Å². The van der Waals surface area contributed by atoms with Crippen molar-refractivity contribution >= 4 is 27.5 Å². The second-order valence-corrected chi connectivity index (χ2v) is 5.84. The third-order valence-corrected chi connectivity index (χ3v) is 4.14. The van der Waals surface area contributed by atoms with Crippen LogP contribution in [-0.2, 0) is 0 Å². The topological polar surface area (TPSA) is 74.6 Å². The monoisotopic (exact) mass is 396 g/mol. The van der Waals surface area contributed by atoms with Crippen molar-refractivity contribution in [2.45, 2.75) is 45.3 Å². The first-order valence-corrected chi connectivity index (χ1v) is 8.09. The Morgan fingerprint density at radius 3 is 3.19 bits per heavy atom. The van der Waals surface area contributed by atoms with Gasteiger partial charge in [0.15, 0.2) is 1.41 Å². The molecule has 1 fully saturated rings. The first-order chi connectivity index (χ1) is 20.0. The van der Waals surface area contributed by atoms with Crippen LogP contribution in [0, 0.1) is 0 Å². The summed E-state index contributed by atoms with van der Waals surface area (Å²) in [7, 11) is 0. The summed E-state index contributed by atoms with van der Waals surface area (Å²) >= 11 is 0.522. The molecule has 1 aliphatic rings. The quantitative estimate of drug-likeness (QED) is 0.754. The van der Waals surface area contributed by atoms with Crippen molar-refractivity contribution in [3.63, 3.8) is 0 Å². The summed E-state index contributed by atoms with van der Waals surface area (Å²) in [5.74, 6) is -2.60. The molecule has 0 aliphatic carbocycles. The van der Waals surface area contributed by atoms with E-state index in [9.17, 15) is 9.59 Å². The minimum Gasteiger partial charge on any atom is -0.506 e. The van der Waals surface area contributed by atoms with E-state index in [-0.39, 0.29) is 25.8 Å². The van der Waals surface area contributed by atoms with Crippen molar-refractivity contribution in [2.75, 3.05) is 26.0 Å². The zero-order valence-corrected chi connectivity index (χ0v) is 14.2. The highest BCUT2D eigenvalue weighted by Gasteiger charge is 2.23. The van der Waals surface area contributed by atoms with Gasteiger partial charge in [0.1, 0.15) is 16.1 Å². The molecular formula is C19H27N3O3S. The Kier molecular flexibility index (Phi) is 2.01. The maximum absolute atomic E-state index is 13.6. The fourth-order valence-corrected chi connectivity index (χ4v) is 3.06. The second kappa shape index (κ2) is 8.22. The number of hydrogen-bond acceptors (Lipinski definition) is 5. The molecule has 142 valence electrons. The molecule has 0 aromatic carbocycles. The van der Waals surface area contributed by atoms with Gasteiger partial charge in [0, 0.05) is 33.1 Å². The van der Waals surface area contributed by atoms with Crippen molar-refractivity contribution in [1.29, 1.82) is 1.43 Å². The molecule has 0 bridgehead atoms. The van der Waals surface area contributed by atoms with Gasteiger partial charge < -0.3 is 15.3 Å². The first kappa shape index (κ1) is 6.34. The van der Waals surface area contributed by atoms with E-state index in [1.807, 2.05) is 0 Å². The summed E-state index contributed by atoms with van der Waals surface area (Å²) in [5.41, 5.74) is -2.76. The third-order valence-electron chi connectivity index (χ3n) is 3.31. The van der Waals surface area contributed by atoms with Crippen molar-refractivity contribution in [3.05, 3.63) is 27.3 Å². The molecule has 3 unspecified atom stereocenters. The van der Waals surface area contributed by atoms with Crippen LogP contribution in [0.5, 0.6) is 5.75 Å². The highest BCUT2D eigenvalue weighted by atomic mass is 32.1. The normalized spacial score (nSPS) is 41.0. The SMILES string of the molecule is [2H]Oc1c(C(=O)N([2H])C([2H])CC([2H])N2C([2H])([2H])C([2H])([2H])C([2H])([2H])C([2H])([2H])C2([2H])[2H])c(=O)n(C([2H])(C)C([2H])([2H])[2H])c2sc([2H])cc12. The van der Waals surface area contributed by atoms with Gasteiger partial charge in [-0.05, 0) is 63.9 Å². The molecule has 0 spiro atoms. The Hall–Kier alpha value is -1.86. The van der Waals surface area contributed by atoms with Gasteiger partial charge in [0.25, 0.3) is 12.9 Å². The molecule has 7 heteroatoms. The van der Waals surface area contributed by atoms with Crippen LogP contribution in [0.3, 0.4) is 0 Å². The average molecular weight is 397 g/mol. The van der Waals surface area contributed by atoms with Crippen LogP contribution in [0.4, 0.5) is 0 Å². The predicted octanol–water partition coefficient (Wildman–Crippen LogP) is 2.96. The number of hydrogen-bond donors (Lipinski definition) is 2. The minimum absolute atomic E-state index is 0.276. The van der Waals surface area contributed by atoms with Gasteiger partial charge in [0.2, 0.25) is 0 Å². The Morgan fingerprint density at radius 2 is 2.46 bits per heavy atom. The number of rotatable bonds is 7. The lowest BCUT2D eigenvalue weighted by Crippen LogP contribution is -2.36. The number of amides is 1. The van der Waals surface area contributed by atoms with E-state index in [0.717, 1.165) is 13.0 Å². The van der Waals surface area contributed by atoms with E-state index >= 15 is 0 Å². The van der Waals surface area contributed by atoms with Crippen LogP contribution in [0.15, 0.2) is 16.2 Å². The molecule has 3 atom stereocenters. The van der Waals surface area contributed by atoms with Gasteiger partial charge in [0.05, 0.1) is 8.13 Å². The van der Waals surface area contributed by atoms with Crippen LogP contribution in [0.25, 0.3) is 10.2 Å². The van der Waals surface area contributed by atoms with Gasteiger partial charge >= 0.3 is 0 Å². The van der Waals surface area contributed by atoms with Crippen LogP contribution in [0.1, 0.15) is 79.0 Å². The fourth-order valence-electron chi connectivity index (χ4n) is 2.20. The smallest absolute Gasteiger partial charge is 0.293 e. The molecule has 3 heterocycles. The molecule has 2 aromatic heterocycles. The number of carbonyl (C=O) groups is 1.